The van der Waals surface area contributed by atoms with Gasteiger partial charge in [-0.25, -0.2) is 0 Å². The molecule has 0 atom stereocenters. The lowest BCUT2D eigenvalue weighted by molar-refractivity contribution is -0.104. The van der Waals surface area contributed by atoms with Crippen LogP contribution in [0.1, 0.15) is 6.92 Å². The second-order valence-corrected chi connectivity index (χ2v) is 1.78. The highest BCUT2D eigenvalue weighted by molar-refractivity contribution is 5.66. The summed E-state index contributed by atoms with van der Waals surface area (Å²) in [5, 5.41) is 0. The summed E-state index contributed by atoms with van der Waals surface area (Å²) in [5.41, 5.74) is 0.926. The predicted octanol–water partition coefficient (Wildman–Crippen LogP) is 1.88. The molecule has 1 nitrogen and oxygen atoms in total. The van der Waals surface area contributed by atoms with Crippen LogP contribution in [-0.2, 0) is 4.79 Å². The molecule has 0 saturated carbocycles. The van der Waals surface area contributed by atoms with Gasteiger partial charge < -0.3 is 0 Å². The number of hydrogen-bond donors (Lipinski definition) is 0. The summed E-state index contributed by atoms with van der Waals surface area (Å²) < 4.78 is 0. The smallest absolute Gasteiger partial charge is 0.142 e. The topological polar surface area (TPSA) is 17.1 Å². The Morgan fingerprint density at radius 2 is 2.18 bits per heavy atom. The number of rotatable bonds is 3. The van der Waals surface area contributed by atoms with E-state index in [-0.39, 0.29) is 0 Å². The molecule has 0 aliphatic carbocycles. The zero-order valence-electron chi connectivity index (χ0n) is 6.45. The Labute approximate surface area is 67.1 Å². The third-order valence-electron chi connectivity index (χ3n) is 1.07. The molecular formula is C10H10O. The Balaban J connectivity index is 4.22. The minimum atomic E-state index is 0.729. The van der Waals surface area contributed by atoms with E-state index in [2.05, 4.69) is 5.92 Å². The van der Waals surface area contributed by atoms with Crippen molar-refractivity contribution in [2.75, 3.05) is 0 Å². The molecule has 0 aliphatic heterocycles. The van der Waals surface area contributed by atoms with Gasteiger partial charge in [-0.05, 0) is 30.7 Å². The van der Waals surface area contributed by atoms with Crippen LogP contribution in [0.3, 0.4) is 0 Å². The van der Waals surface area contributed by atoms with Gasteiger partial charge in [0.15, 0.2) is 0 Å². The van der Waals surface area contributed by atoms with E-state index >= 15 is 0 Å². The maximum atomic E-state index is 9.92. The van der Waals surface area contributed by atoms with Crippen LogP contribution in [-0.4, -0.2) is 6.29 Å². The number of aldehydes is 1. The highest BCUT2D eigenvalue weighted by atomic mass is 16.1. The van der Waals surface area contributed by atoms with Gasteiger partial charge in [-0.2, -0.15) is 0 Å². The molecule has 0 heterocycles. The van der Waals surface area contributed by atoms with Gasteiger partial charge in [-0.1, -0.05) is 18.1 Å². The van der Waals surface area contributed by atoms with Crippen molar-refractivity contribution >= 4 is 6.29 Å². The van der Waals surface area contributed by atoms with Crippen LogP contribution in [0.5, 0.6) is 0 Å². The van der Waals surface area contributed by atoms with Gasteiger partial charge in [-0.15, -0.1) is 6.42 Å². The number of carbonyl (C=O) groups excluding carboxylic acids is 1. The summed E-state index contributed by atoms with van der Waals surface area (Å²) in [7, 11) is 0. The molecule has 0 aromatic heterocycles. The molecule has 0 aromatic rings. The second kappa shape index (κ2) is 6.57. The molecule has 0 N–H and O–H groups in total. The van der Waals surface area contributed by atoms with Crippen molar-refractivity contribution in [3.05, 3.63) is 36.0 Å². The van der Waals surface area contributed by atoms with Crippen LogP contribution < -0.4 is 0 Å². The molecule has 11 heavy (non-hydrogen) atoms. The molecule has 0 aliphatic rings. The quantitative estimate of drug-likeness (QED) is 0.257. The minimum absolute atomic E-state index is 0.729. The lowest BCUT2D eigenvalue weighted by Gasteiger charge is -1.86. The highest BCUT2D eigenvalue weighted by Crippen LogP contribution is 1.97. The third kappa shape index (κ3) is 4.92. The summed E-state index contributed by atoms with van der Waals surface area (Å²) in [4.78, 5) is 9.92. The molecule has 0 radical (unpaired) electrons. The van der Waals surface area contributed by atoms with Gasteiger partial charge in [0.2, 0.25) is 0 Å². The standard InChI is InChI=1S/C10H10O/c1-3-5-7-10(4-2)8-6-9-11/h1,4-9H,2H3. The van der Waals surface area contributed by atoms with E-state index in [1.807, 2.05) is 13.0 Å². The van der Waals surface area contributed by atoms with Crippen molar-refractivity contribution < 1.29 is 4.79 Å². The Bertz CT molecular complexity index is 236. The van der Waals surface area contributed by atoms with E-state index < -0.39 is 0 Å². The monoisotopic (exact) mass is 146 g/mol. The summed E-state index contributed by atoms with van der Waals surface area (Å²) >= 11 is 0. The first-order valence-electron chi connectivity index (χ1n) is 3.26. The molecule has 0 saturated heterocycles. The van der Waals surface area contributed by atoms with E-state index in [1.54, 1.807) is 18.2 Å². The van der Waals surface area contributed by atoms with E-state index in [9.17, 15) is 4.79 Å². The number of carbonyl (C=O) groups is 1. The van der Waals surface area contributed by atoms with Gasteiger partial charge in [-0.3, -0.25) is 4.79 Å². The number of hydrogen-bond acceptors (Lipinski definition) is 1. The zero-order valence-corrected chi connectivity index (χ0v) is 6.45. The SMILES string of the molecule is C#CC=CC(C=CC=O)=CC. The van der Waals surface area contributed by atoms with Crippen molar-refractivity contribution in [2.24, 2.45) is 0 Å². The first-order valence-corrected chi connectivity index (χ1v) is 3.26. The number of allylic oxidation sites excluding steroid dienone is 6. The second-order valence-electron chi connectivity index (χ2n) is 1.78. The molecule has 0 fully saturated rings. The van der Waals surface area contributed by atoms with Crippen molar-refractivity contribution in [2.45, 2.75) is 6.92 Å². The van der Waals surface area contributed by atoms with E-state index in [0.29, 0.717) is 0 Å². The molecule has 0 unspecified atom stereocenters. The van der Waals surface area contributed by atoms with Gasteiger partial charge in [0.1, 0.15) is 6.29 Å². The molecule has 0 amide bonds. The molecule has 0 bridgehead atoms. The van der Waals surface area contributed by atoms with Crippen molar-refractivity contribution in [1.82, 2.24) is 0 Å². The fraction of sp³-hybridized carbons (Fsp3) is 0.100. The van der Waals surface area contributed by atoms with Crippen molar-refractivity contribution in [3.8, 4) is 12.3 Å². The largest absolute Gasteiger partial charge is 0.299 e. The fourth-order valence-corrected chi connectivity index (χ4v) is 0.543. The third-order valence-corrected chi connectivity index (χ3v) is 1.07. The minimum Gasteiger partial charge on any atom is -0.299 e. The molecule has 1 heteroatoms. The average molecular weight is 146 g/mol. The lowest BCUT2D eigenvalue weighted by atomic mass is 10.2. The highest BCUT2D eigenvalue weighted by Gasteiger charge is 1.79. The molecular weight excluding hydrogens is 136 g/mol. The van der Waals surface area contributed by atoms with Crippen molar-refractivity contribution in [1.29, 1.82) is 0 Å². The molecule has 0 rings (SSSR count). The Hall–Kier alpha value is -1.55. The maximum absolute atomic E-state index is 9.92. The zero-order chi connectivity index (χ0) is 8.53. The van der Waals surface area contributed by atoms with Crippen LogP contribution >= 0.6 is 0 Å². The van der Waals surface area contributed by atoms with E-state index in [1.165, 1.54) is 6.08 Å². The molecule has 0 spiro atoms. The summed E-state index contributed by atoms with van der Waals surface area (Å²) in [5.74, 6) is 2.37. The lowest BCUT2D eigenvalue weighted by Crippen LogP contribution is -1.69. The van der Waals surface area contributed by atoms with Gasteiger partial charge >= 0.3 is 0 Å². The summed E-state index contributed by atoms with van der Waals surface area (Å²) in [6, 6.07) is 0. The summed E-state index contributed by atoms with van der Waals surface area (Å²) in [6.45, 7) is 1.88. The molecule has 56 valence electrons. The van der Waals surface area contributed by atoms with E-state index in [4.69, 9.17) is 6.42 Å². The fourth-order valence-electron chi connectivity index (χ4n) is 0.543. The van der Waals surface area contributed by atoms with E-state index in [0.717, 1.165) is 11.9 Å². The maximum Gasteiger partial charge on any atom is 0.142 e. The Morgan fingerprint density at radius 3 is 2.64 bits per heavy atom. The normalized spacial score (nSPS) is 12.2. The first-order chi connectivity index (χ1) is 5.35. The number of terminal acetylenes is 1. The van der Waals surface area contributed by atoms with Gasteiger partial charge in [0.25, 0.3) is 0 Å². The van der Waals surface area contributed by atoms with Crippen LogP contribution in [0.4, 0.5) is 0 Å². The average Bonchev–Trinajstić information content (AvgIpc) is 2.05. The van der Waals surface area contributed by atoms with Crippen LogP contribution in [0.2, 0.25) is 0 Å². The Morgan fingerprint density at radius 1 is 1.45 bits per heavy atom. The van der Waals surface area contributed by atoms with Crippen LogP contribution in [0.25, 0.3) is 0 Å². The first kappa shape index (κ1) is 9.45. The van der Waals surface area contributed by atoms with Crippen LogP contribution in [0, 0.1) is 12.3 Å². The van der Waals surface area contributed by atoms with Crippen LogP contribution in [0.15, 0.2) is 36.0 Å². The van der Waals surface area contributed by atoms with Gasteiger partial charge in [0, 0.05) is 0 Å². The van der Waals surface area contributed by atoms with Gasteiger partial charge in [0.05, 0.1) is 0 Å². The molecule has 0 aromatic carbocycles. The van der Waals surface area contributed by atoms with Crippen molar-refractivity contribution in [3.63, 3.8) is 0 Å². The Kier molecular flexibility index (Phi) is 5.64. The predicted molar refractivity (Wildman–Crippen MR) is 46.9 cm³/mol. The summed E-state index contributed by atoms with van der Waals surface area (Å²) in [6.07, 6.45) is 14.1.